The molecule has 1 aliphatic rings. The second-order valence-corrected chi connectivity index (χ2v) is 8.53. The van der Waals surface area contributed by atoms with Crippen molar-refractivity contribution in [2.24, 2.45) is 0 Å². The summed E-state index contributed by atoms with van der Waals surface area (Å²) < 4.78 is 18.8. The van der Waals surface area contributed by atoms with Crippen LogP contribution in [0.3, 0.4) is 0 Å². The van der Waals surface area contributed by atoms with Gasteiger partial charge >= 0.3 is 0 Å². The van der Waals surface area contributed by atoms with E-state index in [2.05, 4.69) is 6.07 Å². The van der Waals surface area contributed by atoms with E-state index in [1.165, 1.54) is 0 Å². The number of aromatic nitrogens is 3. The first-order chi connectivity index (χ1) is 18.3. The lowest BCUT2D eigenvalue weighted by Gasteiger charge is -2.12. The van der Waals surface area contributed by atoms with Crippen LogP contribution in [0.2, 0.25) is 0 Å². The van der Waals surface area contributed by atoms with Gasteiger partial charge in [0.25, 0.3) is 0 Å². The monoisotopic (exact) mass is 482 g/mol. The van der Waals surface area contributed by atoms with Crippen LogP contribution in [0.5, 0.6) is 11.5 Å². The summed E-state index contributed by atoms with van der Waals surface area (Å²) in [5.74, 6) is 1.80. The molecule has 0 atom stereocenters. The lowest BCUT2D eigenvalue weighted by atomic mass is 9.93. The third kappa shape index (κ3) is 3.35. The zero-order valence-corrected chi connectivity index (χ0v) is 19.5. The van der Waals surface area contributed by atoms with Crippen molar-refractivity contribution in [2.75, 3.05) is 6.79 Å². The molecule has 0 spiro atoms. The number of pyridine rings is 1. The summed E-state index contributed by atoms with van der Waals surface area (Å²) in [5, 5.41) is 16.3. The van der Waals surface area contributed by atoms with Gasteiger partial charge in [-0.2, -0.15) is 10.4 Å². The van der Waals surface area contributed by atoms with Crippen LogP contribution in [0.1, 0.15) is 5.56 Å². The maximum Gasteiger partial charge on any atom is 0.231 e. The number of furan rings is 1. The molecule has 4 heterocycles. The number of nitriles is 1. The highest BCUT2D eigenvalue weighted by molar-refractivity contribution is 6.07. The highest BCUT2D eigenvalue weighted by Gasteiger charge is 2.27. The fourth-order valence-electron chi connectivity index (χ4n) is 4.74. The van der Waals surface area contributed by atoms with Gasteiger partial charge in [0.15, 0.2) is 22.9 Å². The van der Waals surface area contributed by atoms with Crippen LogP contribution in [0.4, 0.5) is 0 Å². The number of fused-ring (bicyclic) bond motifs is 2. The molecule has 1 aliphatic heterocycles. The van der Waals surface area contributed by atoms with Crippen molar-refractivity contribution in [2.45, 2.75) is 0 Å². The molecule has 0 radical (unpaired) electrons. The van der Waals surface area contributed by atoms with Crippen molar-refractivity contribution in [1.29, 1.82) is 5.26 Å². The number of hydrogen-bond acceptors (Lipinski definition) is 6. The van der Waals surface area contributed by atoms with Crippen LogP contribution in [0.25, 0.3) is 50.6 Å². The average Bonchev–Trinajstić information content (AvgIpc) is 3.72. The molecule has 0 unspecified atom stereocenters. The minimum Gasteiger partial charge on any atom is -0.463 e. The maximum absolute atomic E-state index is 10.5. The summed E-state index contributed by atoms with van der Waals surface area (Å²) in [5.41, 5.74) is 5.46. The first kappa shape index (κ1) is 21.0. The summed E-state index contributed by atoms with van der Waals surface area (Å²) in [6.07, 6.45) is 1.58. The Labute approximate surface area is 211 Å². The molecule has 37 heavy (non-hydrogen) atoms. The molecule has 0 aliphatic carbocycles. The molecule has 0 bridgehead atoms. The topological polar surface area (TPSA) is 86.1 Å². The van der Waals surface area contributed by atoms with Crippen LogP contribution < -0.4 is 9.47 Å². The molecule has 6 aromatic rings. The molecule has 7 nitrogen and oxygen atoms in total. The van der Waals surface area contributed by atoms with Crippen LogP contribution in [-0.4, -0.2) is 21.6 Å². The van der Waals surface area contributed by atoms with Crippen LogP contribution in [0.15, 0.2) is 102 Å². The van der Waals surface area contributed by atoms with Gasteiger partial charge in [-0.05, 0) is 42.0 Å². The Bertz CT molecular complexity index is 1800. The summed E-state index contributed by atoms with van der Waals surface area (Å²) in [7, 11) is 0. The average molecular weight is 482 g/mol. The SMILES string of the molecule is N#Cc1c(-c2ccco2)nc2c(c(-c3ccccc3)nn2-c2ccccc2)c1-c1ccc2c(c1)OCO2. The number of hydrogen-bond donors (Lipinski definition) is 0. The smallest absolute Gasteiger partial charge is 0.231 e. The Hall–Kier alpha value is -5.35. The summed E-state index contributed by atoms with van der Waals surface area (Å²) in [6.45, 7) is 0.161. The molecule has 0 saturated carbocycles. The molecule has 176 valence electrons. The number of ether oxygens (including phenoxy) is 2. The molecule has 3 aromatic carbocycles. The van der Waals surface area contributed by atoms with E-state index in [1.807, 2.05) is 83.5 Å². The van der Waals surface area contributed by atoms with Gasteiger partial charge in [0.2, 0.25) is 6.79 Å². The van der Waals surface area contributed by atoms with E-state index in [9.17, 15) is 5.26 Å². The Morgan fingerprint density at radius 1 is 0.784 bits per heavy atom. The molecule has 0 amide bonds. The van der Waals surface area contributed by atoms with E-state index in [4.69, 9.17) is 24.0 Å². The molecule has 0 N–H and O–H groups in total. The van der Waals surface area contributed by atoms with Crippen LogP contribution >= 0.6 is 0 Å². The van der Waals surface area contributed by atoms with Gasteiger partial charge in [0, 0.05) is 11.1 Å². The number of para-hydroxylation sites is 1. The van der Waals surface area contributed by atoms with Gasteiger partial charge in [0.05, 0.1) is 22.9 Å². The highest BCUT2D eigenvalue weighted by atomic mass is 16.7. The van der Waals surface area contributed by atoms with Crippen molar-refractivity contribution in [3.8, 4) is 57.1 Å². The molecule has 7 rings (SSSR count). The van der Waals surface area contributed by atoms with Crippen molar-refractivity contribution in [3.05, 3.63) is 103 Å². The summed E-state index contributed by atoms with van der Waals surface area (Å²) in [6, 6.07) is 31.5. The van der Waals surface area contributed by atoms with Crippen molar-refractivity contribution in [3.63, 3.8) is 0 Å². The predicted molar refractivity (Wildman–Crippen MR) is 138 cm³/mol. The van der Waals surface area contributed by atoms with Gasteiger partial charge < -0.3 is 13.9 Å². The van der Waals surface area contributed by atoms with E-state index < -0.39 is 0 Å². The summed E-state index contributed by atoms with van der Waals surface area (Å²) >= 11 is 0. The molecule has 7 heteroatoms. The third-order valence-electron chi connectivity index (χ3n) is 6.39. The Morgan fingerprint density at radius 3 is 2.32 bits per heavy atom. The van der Waals surface area contributed by atoms with E-state index in [-0.39, 0.29) is 6.79 Å². The zero-order valence-electron chi connectivity index (χ0n) is 19.5. The molecule has 0 fully saturated rings. The van der Waals surface area contributed by atoms with E-state index in [1.54, 1.807) is 18.4 Å². The van der Waals surface area contributed by atoms with Gasteiger partial charge in [-0.25, -0.2) is 9.67 Å². The fourth-order valence-corrected chi connectivity index (χ4v) is 4.74. The van der Waals surface area contributed by atoms with Gasteiger partial charge in [0.1, 0.15) is 17.5 Å². The van der Waals surface area contributed by atoms with Crippen molar-refractivity contribution >= 4 is 11.0 Å². The Kier molecular flexibility index (Phi) is 4.76. The fraction of sp³-hybridized carbons (Fsp3) is 0.0333. The largest absolute Gasteiger partial charge is 0.463 e. The first-order valence-corrected chi connectivity index (χ1v) is 11.7. The molecule has 0 saturated heterocycles. The molecule has 3 aromatic heterocycles. The van der Waals surface area contributed by atoms with E-state index in [0.29, 0.717) is 39.7 Å². The lowest BCUT2D eigenvalue weighted by Crippen LogP contribution is -2.00. The second kappa shape index (κ2) is 8.40. The summed E-state index contributed by atoms with van der Waals surface area (Å²) in [4.78, 5) is 5.00. The lowest BCUT2D eigenvalue weighted by molar-refractivity contribution is 0.174. The van der Waals surface area contributed by atoms with Gasteiger partial charge in [-0.1, -0.05) is 54.6 Å². The van der Waals surface area contributed by atoms with E-state index >= 15 is 0 Å². The quantitative estimate of drug-likeness (QED) is 0.281. The molecular weight excluding hydrogens is 464 g/mol. The highest BCUT2D eigenvalue weighted by Crippen LogP contribution is 2.44. The van der Waals surface area contributed by atoms with Gasteiger partial charge in [-0.15, -0.1) is 0 Å². The van der Waals surface area contributed by atoms with Crippen LogP contribution in [-0.2, 0) is 0 Å². The maximum atomic E-state index is 10.5. The zero-order chi connectivity index (χ0) is 24.8. The Balaban J connectivity index is 1.66. The van der Waals surface area contributed by atoms with Gasteiger partial charge in [-0.3, -0.25) is 0 Å². The Morgan fingerprint density at radius 2 is 1.57 bits per heavy atom. The third-order valence-corrected chi connectivity index (χ3v) is 6.39. The second-order valence-electron chi connectivity index (χ2n) is 8.53. The van der Waals surface area contributed by atoms with Crippen LogP contribution in [0, 0.1) is 11.3 Å². The first-order valence-electron chi connectivity index (χ1n) is 11.7. The number of rotatable bonds is 4. The standard InChI is InChI=1S/C30H18N4O3/c31-17-22-26(20-13-14-23-25(16-20)37-18-36-23)27-28(19-8-3-1-4-9-19)33-34(21-10-5-2-6-11-21)30(27)32-29(22)24-12-7-15-35-24/h1-16H,18H2. The number of nitrogens with zero attached hydrogens (tertiary/aromatic N) is 4. The normalized spacial score (nSPS) is 12.1. The van der Waals surface area contributed by atoms with Crippen molar-refractivity contribution < 1.29 is 13.9 Å². The molecular formula is C30H18N4O3. The van der Waals surface area contributed by atoms with E-state index in [0.717, 1.165) is 27.9 Å². The minimum atomic E-state index is 0.161. The number of benzene rings is 3. The predicted octanol–water partition coefficient (Wildman–Crippen LogP) is 6.61. The minimum absolute atomic E-state index is 0.161. The van der Waals surface area contributed by atoms with Crippen molar-refractivity contribution in [1.82, 2.24) is 14.8 Å².